The maximum atomic E-state index is 13.0. The Morgan fingerprint density at radius 3 is 2.26 bits per heavy atom. The van der Waals surface area contributed by atoms with Crippen molar-refractivity contribution >= 4 is 33.4 Å². The van der Waals surface area contributed by atoms with Crippen LogP contribution in [0.3, 0.4) is 0 Å². The van der Waals surface area contributed by atoms with Gasteiger partial charge in [0.05, 0.1) is 11.4 Å². The Labute approximate surface area is 185 Å². The van der Waals surface area contributed by atoms with Gasteiger partial charge in [-0.2, -0.15) is 4.31 Å². The molecule has 166 valence electrons. The number of rotatable bonds is 5. The average Bonchev–Trinajstić information content (AvgIpc) is 3.04. The van der Waals surface area contributed by atoms with E-state index in [-0.39, 0.29) is 21.9 Å². The van der Waals surface area contributed by atoms with Gasteiger partial charge in [0.15, 0.2) is 0 Å². The van der Waals surface area contributed by atoms with E-state index in [9.17, 15) is 22.4 Å². The Hall–Kier alpha value is -2.49. The predicted molar refractivity (Wildman–Crippen MR) is 114 cm³/mol. The molecule has 0 radical (unpaired) electrons. The molecule has 0 spiro atoms. The topological polar surface area (TPSA) is 95.6 Å². The smallest absolute Gasteiger partial charge is 0.269 e. The molecule has 31 heavy (non-hydrogen) atoms. The molecule has 2 amide bonds. The average molecular weight is 468 g/mol. The Bertz CT molecular complexity index is 1050. The molecule has 1 aliphatic heterocycles. The molecule has 2 aromatic rings. The molecule has 0 unspecified atom stereocenters. The number of carbonyl (C=O) groups excluding carboxylic acids is 2. The first-order valence-corrected chi connectivity index (χ1v) is 11.7. The van der Waals surface area contributed by atoms with Crippen molar-refractivity contribution in [3.05, 3.63) is 64.4 Å². The third kappa shape index (κ3) is 6.03. The number of nitrogens with zero attached hydrogens (tertiary/aromatic N) is 1. The van der Waals surface area contributed by atoms with Crippen LogP contribution < -0.4 is 10.9 Å². The van der Waals surface area contributed by atoms with Crippen LogP contribution in [-0.4, -0.2) is 37.6 Å². The van der Waals surface area contributed by atoms with E-state index in [1.165, 1.54) is 46.8 Å². The van der Waals surface area contributed by atoms with E-state index in [2.05, 4.69) is 10.9 Å². The van der Waals surface area contributed by atoms with Gasteiger partial charge in [0.2, 0.25) is 15.9 Å². The van der Waals surface area contributed by atoms with Crippen molar-refractivity contribution in [2.24, 2.45) is 0 Å². The van der Waals surface area contributed by atoms with Gasteiger partial charge in [0.25, 0.3) is 5.91 Å². The lowest BCUT2D eigenvalue weighted by molar-refractivity contribution is -0.121. The molecule has 0 aliphatic carbocycles. The van der Waals surface area contributed by atoms with E-state index < -0.39 is 27.7 Å². The second kappa shape index (κ2) is 10.2. The van der Waals surface area contributed by atoms with Crippen molar-refractivity contribution in [2.75, 3.05) is 13.1 Å². The summed E-state index contributed by atoms with van der Waals surface area (Å²) in [5, 5.41) is 0.0288. The number of halogens is 2. The summed E-state index contributed by atoms with van der Waals surface area (Å²) in [6.07, 6.45) is 3.43. The van der Waals surface area contributed by atoms with Gasteiger partial charge in [-0.25, -0.2) is 12.8 Å². The highest BCUT2D eigenvalue weighted by molar-refractivity contribution is 7.89. The Balaban J connectivity index is 1.67. The van der Waals surface area contributed by atoms with Crippen LogP contribution in [0.25, 0.3) is 0 Å². The van der Waals surface area contributed by atoms with Crippen LogP contribution in [0, 0.1) is 5.82 Å². The summed E-state index contributed by atoms with van der Waals surface area (Å²) < 4.78 is 40.4. The standard InChI is InChI=1S/C21H23ClFN3O4S/c22-18-10-7-16(14-19(18)31(29,30)26-11-3-1-2-4-12-26)21(28)25-24-20(27)13-15-5-8-17(23)9-6-15/h5-10,14H,1-4,11-13H2,(H,24,27)(H,25,28). The number of hydrogen-bond donors (Lipinski definition) is 2. The summed E-state index contributed by atoms with van der Waals surface area (Å²) in [5.41, 5.74) is 5.13. The minimum absolute atomic E-state index is 0.0288. The van der Waals surface area contributed by atoms with Gasteiger partial charge in [-0.15, -0.1) is 0 Å². The number of benzene rings is 2. The van der Waals surface area contributed by atoms with E-state index in [0.29, 0.717) is 18.7 Å². The molecule has 3 rings (SSSR count). The van der Waals surface area contributed by atoms with Crippen molar-refractivity contribution in [1.82, 2.24) is 15.2 Å². The first-order chi connectivity index (χ1) is 14.8. The highest BCUT2D eigenvalue weighted by Crippen LogP contribution is 2.27. The highest BCUT2D eigenvalue weighted by Gasteiger charge is 2.28. The summed E-state index contributed by atoms with van der Waals surface area (Å²) in [7, 11) is -3.84. The fourth-order valence-electron chi connectivity index (χ4n) is 3.29. The third-order valence-corrected chi connectivity index (χ3v) is 7.35. The van der Waals surface area contributed by atoms with Gasteiger partial charge >= 0.3 is 0 Å². The molecule has 7 nitrogen and oxygen atoms in total. The second-order valence-electron chi connectivity index (χ2n) is 7.27. The number of carbonyl (C=O) groups is 2. The van der Waals surface area contributed by atoms with Crippen LogP contribution in [-0.2, 0) is 21.2 Å². The van der Waals surface area contributed by atoms with Crippen LogP contribution in [0.5, 0.6) is 0 Å². The zero-order chi connectivity index (χ0) is 22.4. The van der Waals surface area contributed by atoms with E-state index in [0.717, 1.165) is 25.7 Å². The summed E-state index contributed by atoms with van der Waals surface area (Å²) in [5.74, 6) is -1.60. The summed E-state index contributed by atoms with van der Waals surface area (Å²) >= 11 is 6.14. The quantitative estimate of drug-likeness (QED) is 0.660. The van der Waals surface area contributed by atoms with Crippen LogP contribution in [0.15, 0.2) is 47.4 Å². The molecule has 1 aliphatic rings. The molecule has 1 saturated heterocycles. The summed E-state index contributed by atoms with van der Waals surface area (Å²) in [4.78, 5) is 24.3. The third-order valence-electron chi connectivity index (χ3n) is 4.97. The molecule has 10 heteroatoms. The maximum Gasteiger partial charge on any atom is 0.269 e. The number of amides is 2. The normalized spacial score (nSPS) is 15.2. The predicted octanol–water partition coefficient (Wildman–Crippen LogP) is 3.05. The number of hydrazine groups is 1. The zero-order valence-electron chi connectivity index (χ0n) is 16.7. The molecular formula is C21H23ClFN3O4S. The van der Waals surface area contributed by atoms with Crippen molar-refractivity contribution < 1.29 is 22.4 Å². The lowest BCUT2D eigenvalue weighted by Gasteiger charge is -2.21. The Morgan fingerprint density at radius 2 is 1.61 bits per heavy atom. The van der Waals surface area contributed by atoms with E-state index in [4.69, 9.17) is 11.6 Å². The van der Waals surface area contributed by atoms with Gasteiger partial charge in [-0.1, -0.05) is 36.6 Å². The molecule has 1 heterocycles. The largest absolute Gasteiger partial charge is 0.273 e. The van der Waals surface area contributed by atoms with E-state index in [1.54, 1.807) is 0 Å². The van der Waals surface area contributed by atoms with Gasteiger partial charge in [-0.3, -0.25) is 20.4 Å². The zero-order valence-corrected chi connectivity index (χ0v) is 18.3. The molecule has 2 N–H and O–H groups in total. The van der Waals surface area contributed by atoms with E-state index in [1.807, 2.05) is 0 Å². The minimum Gasteiger partial charge on any atom is -0.273 e. The molecule has 0 atom stereocenters. The van der Waals surface area contributed by atoms with Gasteiger partial charge in [-0.05, 0) is 48.7 Å². The number of sulfonamides is 1. The molecule has 0 bridgehead atoms. The lowest BCUT2D eigenvalue weighted by atomic mass is 10.1. The highest BCUT2D eigenvalue weighted by atomic mass is 35.5. The molecule has 1 fully saturated rings. The van der Waals surface area contributed by atoms with Crippen molar-refractivity contribution in [3.8, 4) is 0 Å². The van der Waals surface area contributed by atoms with E-state index >= 15 is 0 Å². The van der Waals surface area contributed by atoms with Gasteiger partial charge in [0.1, 0.15) is 10.7 Å². The SMILES string of the molecule is O=C(Cc1ccc(F)cc1)NNC(=O)c1ccc(Cl)c(S(=O)(=O)N2CCCCCC2)c1. The fourth-order valence-corrected chi connectivity index (χ4v) is 5.31. The van der Waals surface area contributed by atoms with Crippen molar-refractivity contribution in [3.63, 3.8) is 0 Å². The fraction of sp³-hybridized carbons (Fsp3) is 0.333. The summed E-state index contributed by atoms with van der Waals surface area (Å²) in [6, 6.07) is 9.35. The van der Waals surface area contributed by atoms with Crippen LogP contribution >= 0.6 is 11.6 Å². The van der Waals surface area contributed by atoms with Crippen molar-refractivity contribution in [1.29, 1.82) is 0 Å². The lowest BCUT2D eigenvalue weighted by Crippen LogP contribution is -2.42. The number of nitrogens with one attached hydrogen (secondary N) is 2. The number of hydrogen-bond acceptors (Lipinski definition) is 4. The van der Waals surface area contributed by atoms with Crippen LogP contribution in [0.4, 0.5) is 4.39 Å². The van der Waals surface area contributed by atoms with Gasteiger partial charge < -0.3 is 0 Å². The minimum atomic E-state index is -3.84. The first kappa shape index (κ1) is 23.2. The first-order valence-electron chi connectivity index (χ1n) is 9.91. The Kier molecular flexibility index (Phi) is 7.64. The summed E-state index contributed by atoms with van der Waals surface area (Å²) in [6.45, 7) is 0.822. The van der Waals surface area contributed by atoms with Crippen LogP contribution in [0.1, 0.15) is 41.6 Å². The molecule has 0 aromatic heterocycles. The second-order valence-corrected chi connectivity index (χ2v) is 9.58. The molecule has 2 aromatic carbocycles. The maximum absolute atomic E-state index is 13.0. The molecule has 0 saturated carbocycles. The Morgan fingerprint density at radius 1 is 0.968 bits per heavy atom. The molecular weight excluding hydrogens is 445 g/mol. The monoisotopic (exact) mass is 467 g/mol. The van der Waals surface area contributed by atoms with Crippen LogP contribution in [0.2, 0.25) is 5.02 Å². The van der Waals surface area contributed by atoms with Crippen molar-refractivity contribution in [2.45, 2.75) is 37.0 Å². The van der Waals surface area contributed by atoms with Gasteiger partial charge in [0, 0.05) is 18.7 Å².